The van der Waals surface area contributed by atoms with Gasteiger partial charge in [-0.2, -0.15) is 0 Å². The predicted octanol–water partition coefficient (Wildman–Crippen LogP) is 3.39. The maximum absolute atomic E-state index is 5.90. The van der Waals surface area contributed by atoms with E-state index in [-0.39, 0.29) is 0 Å². The fourth-order valence-electron chi connectivity index (χ4n) is 1.71. The molecule has 70 valence electrons. The highest BCUT2D eigenvalue weighted by atomic mass is 127. The Balaban J connectivity index is 2.32. The number of hydrogen-bond acceptors (Lipinski definition) is 1. The maximum atomic E-state index is 5.90. The second kappa shape index (κ2) is 3.86. The lowest BCUT2D eigenvalue weighted by atomic mass is 10.0. The molecule has 1 atom stereocenters. The monoisotopic (exact) mass is 288 g/mol. The van der Waals surface area contributed by atoms with Crippen molar-refractivity contribution in [3.05, 3.63) is 27.3 Å². The van der Waals surface area contributed by atoms with E-state index in [2.05, 4.69) is 47.7 Å². The molecule has 0 aromatic heterocycles. The van der Waals surface area contributed by atoms with Crippen molar-refractivity contribution in [2.24, 2.45) is 0 Å². The molecule has 0 saturated carbocycles. The van der Waals surface area contributed by atoms with Gasteiger partial charge in [-0.25, -0.2) is 0 Å². The Morgan fingerprint density at radius 3 is 3.15 bits per heavy atom. The van der Waals surface area contributed by atoms with Crippen LogP contribution in [-0.2, 0) is 6.42 Å². The molecule has 1 nitrogen and oxygen atoms in total. The van der Waals surface area contributed by atoms with Crippen LogP contribution in [0.25, 0.3) is 0 Å². The topological polar surface area (TPSA) is 9.23 Å². The normalized spacial score (nSPS) is 20.6. The van der Waals surface area contributed by atoms with Gasteiger partial charge in [0.05, 0.1) is 9.67 Å². The first-order chi connectivity index (χ1) is 6.31. The van der Waals surface area contributed by atoms with E-state index in [0.29, 0.717) is 6.10 Å². The average molecular weight is 288 g/mol. The summed E-state index contributed by atoms with van der Waals surface area (Å²) in [5.74, 6) is 1.13. The maximum Gasteiger partial charge on any atom is 0.136 e. The number of para-hydroxylation sites is 1. The van der Waals surface area contributed by atoms with Gasteiger partial charge in [0.25, 0.3) is 0 Å². The van der Waals surface area contributed by atoms with E-state index in [1.807, 2.05) is 0 Å². The van der Waals surface area contributed by atoms with Crippen molar-refractivity contribution < 1.29 is 4.74 Å². The molecule has 1 aliphatic heterocycles. The van der Waals surface area contributed by atoms with Gasteiger partial charge in [0.1, 0.15) is 5.75 Å². The highest BCUT2D eigenvalue weighted by Gasteiger charge is 2.19. The zero-order chi connectivity index (χ0) is 9.26. The molecule has 1 aromatic carbocycles. The van der Waals surface area contributed by atoms with Gasteiger partial charge in [-0.15, -0.1) is 0 Å². The molecule has 0 bridgehead atoms. The Morgan fingerprint density at radius 1 is 1.54 bits per heavy atom. The fraction of sp³-hybridized carbons (Fsp3) is 0.455. The lowest BCUT2D eigenvalue weighted by molar-refractivity contribution is 0.168. The van der Waals surface area contributed by atoms with Crippen LogP contribution in [0.1, 0.15) is 25.3 Å². The van der Waals surface area contributed by atoms with Crippen molar-refractivity contribution >= 4 is 22.6 Å². The summed E-state index contributed by atoms with van der Waals surface area (Å²) in [5, 5.41) is 0. The third kappa shape index (κ3) is 1.82. The molecule has 2 rings (SSSR count). The molecular formula is C11H13IO. The average Bonchev–Trinajstić information content (AvgIpc) is 2.18. The molecule has 0 aliphatic carbocycles. The van der Waals surface area contributed by atoms with Gasteiger partial charge in [-0.3, -0.25) is 0 Å². The molecular weight excluding hydrogens is 275 g/mol. The minimum atomic E-state index is 0.434. The lowest BCUT2D eigenvalue weighted by Gasteiger charge is -2.25. The molecule has 0 unspecified atom stereocenters. The van der Waals surface area contributed by atoms with Gasteiger partial charge in [0, 0.05) is 0 Å². The van der Waals surface area contributed by atoms with Crippen LogP contribution in [-0.4, -0.2) is 6.10 Å². The molecule has 1 heterocycles. The molecule has 1 aromatic rings. The van der Waals surface area contributed by atoms with E-state index < -0.39 is 0 Å². The van der Waals surface area contributed by atoms with E-state index in [1.54, 1.807) is 0 Å². The Morgan fingerprint density at radius 2 is 2.38 bits per heavy atom. The van der Waals surface area contributed by atoms with Crippen LogP contribution in [0.5, 0.6) is 5.75 Å². The highest BCUT2D eigenvalue weighted by molar-refractivity contribution is 14.1. The summed E-state index contributed by atoms with van der Waals surface area (Å²) in [5.41, 5.74) is 1.37. The van der Waals surface area contributed by atoms with Gasteiger partial charge in [0.2, 0.25) is 0 Å². The summed E-state index contributed by atoms with van der Waals surface area (Å²) in [6.07, 6.45) is 3.89. The van der Waals surface area contributed by atoms with Crippen molar-refractivity contribution in [3.63, 3.8) is 0 Å². The second-order valence-corrected chi connectivity index (χ2v) is 4.58. The third-order valence-corrected chi connectivity index (χ3v) is 3.37. The van der Waals surface area contributed by atoms with Crippen molar-refractivity contribution in [2.75, 3.05) is 0 Å². The first-order valence-corrected chi connectivity index (χ1v) is 5.83. The van der Waals surface area contributed by atoms with Crippen LogP contribution in [0, 0.1) is 3.57 Å². The second-order valence-electron chi connectivity index (χ2n) is 3.41. The molecule has 13 heavy (non-hydrogen) atoms. The van der Waals surface area contributed by atoms with E-state index in [4.69, 9.17) is 4.74 Å². The lowest BCUT2D eigenvalue weighted by Crippen LogP contribution is -2.22. The predicted molar refractivity (Wildman–Crippen MR) is 62.2 cm³/mol. The zero-order valence-electron chi connectivity index (χ0n) is 7.72. The van der Waals surface area contributed by atoms with Crippen molar-refractivity contribution in [1.82, 2.24) is 0 Å². The summed E-state index contributed by atoms with van der Waals surface area (Å²) < 4.78 is 7.15. The molecule has 0 N–H and O–H groups in total. The van der Waals surface area contributed by atoms with Gasteiger partial charge >= 0.3 is 0 Å². The van der Waals surface area contributed by atoms with E-state index in [1.165, 1.54) is 22.0 Å². The Hall–Kier alpha value is -0.250. The number of ether oxygens (including phenoxy) is 1. The van der Waals surface area contributed by atoms with Gasteiger partial charge in [-0.05, 0) is 53.5 Å². The standard InChI is InChI=1S/C11H13IO/c1-2-9-7-6-8-4-3-5-10(12)11(8)13-9/h3-5,9H,2,6-7H2,1H3/t9-/m1/s1. The molecule has 0 spiro atoms. The molecule has 0 amide bonds. The molecule has 0 fully saturated rings. The number of aryl methyl sites for hydroxylation is 1. The van der Waals surface area contributed by atoms with E-state index in [0.717, 1.165) is 12.2 Å². The number of benzene rings is 1. The Labute approximate surface area is 92.6 Å². The van der Waals surface area contributed by atoms with Gasteiger partial charge < -0.3 is 4.74 Å². The van der Waals surface area contributed by atoms with Crippen LogP contribution in [0.4, 0.5) is 0 Å². The first kappa shape index (κ1) is 9.31. The number of hydrogen-bond donors (Lipinski definition) is 0. The molecule has 2 heteroatoms. The van der Waals surface area contributed by atoms with Crippen molar-refractivity contribution in [3.8, 4) is 5.75 Å². The van der Waals surface area contributed by atoms with Gasteiger partial charge in [0.15, 0.2) is 0 Å². The Kier molecular flexibility index (Phi) is 2.77. The van der Waals surface area contributed by atoms with Crippen LogP contribution < -0.4 is 4.74 Å². The smallest absolute Gasteiger partial charge is 0.136 e. The summed E-state index contributed by atoms with van der Waals surface area (Å²) in [6.45, 7) is 2.19. The van der Waals surface area contributed by atoms with Crippen LogP contribution in [0.3, 0.4) is 0 Å². The largest absolute Gasteiger partial charge is 0.489 e. The van der Waals surface area contributed by atoms with Crippen molar-refractivity contribution in [1.29, 1.82) is 0 Å². The summed E-state index contributed by atoms with van der Waals surface area (Å²) in [4.78, 5) is 0. The van der Waals surface area contributed by atoms with Crippen LogP contribution in [0.2, 0.25) is 0 Å². The number of rotatable bonds is 1. The SMILES string of the molecule is CC[C@@H]1CCc2cccc(I)c2O1. The zero-order valence-corrected chi connectivity index (χ0v) is 9.87. The first-order valence-electron chi connectivity index (χ1n) is 4.75. The summed E-state index contributed by atoms with van der Waals surface area (Å²) in [7, 11) is 0. The van der Waals surface area contributed by atoms with Crippen molar-refractivity contribution in [2.45, 2.75) is 32.3 Å². The minimum absolute atomic E-state index is 0.434. The minimum Gasteiger partial charge on any atom is -0.489 e. The third-order valence-electron chi connectivity index (χ3n) is 2.52. The molecule has 1 aliphatic rings. The Bertz CT molecular complexity index is 309. The number of halogens is 1. The highest BCUT2D eigenvalue weighted by Crippen LogP contribution is 2.32. The quantitative estimate of drug-likeness (QED) is 0.720. The summed E-state index contributed by atoms with van der Waals surface area (Å²) in [6, 6.07) is 6.39. The molecule has 0 saturated heterocycles. The van der Waals surface area contributed by atoms with Gasteiger partial charge in [-0.1, -0.05) is 19.1 Å². The summed E-state index contributed by atoms with van der Waals surface area (Å²) >= 11 is 2.34. The fourth-order valence-corrected chi connectivity index (χ4v) is 2.39. The number of fused-ring (bicyclic) bond motifs is 1. The van der Waals surface area contributed by atoms with Crippen LogP contribution >= 0.6 is 22.6 Å². The van der Waals surface area contributed by atoms with E-state index >= 15 is 0 Å². The van der Waals surface area contributed by atoms with E-state index in [9.17, 15) is 0 Å². The molecule has 0 radical (unpaired) electrons. The van der Waals surface area contributed by atoms with Crippen LogP contribution in [0.15, 0.2) is 18.2 Å².